The Morgan fingerprint density at radius 2 is 1.91 bits per heavy atom. The van der Waals surface area contributed by atoms with Crippen LogP contribution < -0.4 is 14.4 Å². The Labute approximate surface area is 189 Å². The summed E-state index contributed by atoms with van der Waals surface area (Å²) in [6.45, 7) is 4.11. The second-order valence-corrected chi connectivity index (χ2v) is 10.3. The Morgan fingerprint density at radius 3 is 2.53 bits per heavy atom. The molecule has 0 saturated carbocycles. The molecular weight excluding hydrogens is 432 g/mol. The molecule has 2 unspecified atom stereocenters. The zero-order chi connectivity index (χ0) is 22.7. The lowest BCUT2D eigenvalue weighted by atomic mass is 9.98. The molecule has 4 heterocycles. The average Bonchev–Trinajstić information content (AvgIpc) is 3.21. The van der Waals surface area contributed by atoms with Crippen LogP contribution in [0.5, 0.6) is 5.75 Å². The fourth-order valence-electron chi connectivity index (χ4n) is 4.44. The number of hydrogen-bond acceptors (Lipinski definition) is 8. The van der Waals surface area contributed by atoms with E-state index in [0.29, 0.717) is 18.3 Å². The minimum atomic E-state index is -3.32. The SMILES string of the molecule is CCc1cc2n(n1)C(COC1CCN(c3ncc(OC)cn3)CC1)C(NS(C)(=O)=O)CC2. The smallest absolute Gasteiger partial charge is 0.225 e. The van der Waals surface area contributed by atoms with Gasteiger partial charge in [-0.1, -0.05) is 6.92 Å². The molecule has 1 N–H and O–H groups in total. The van der Waals surface area contributed by atoms with Crippen LogP contribution in [-0.2, 0) is 27.6 Å². The van der Waals surface area contributed by atoms with Gasteiger partial charge in [-0.3, -0.25) is 4.68 Å². The first-order valence-corrected chi connectivity index (χ1v) is 13.0. The third-order valence-electron chi connectivity index (χ3n) is 6.16. The molecule has 2 aromatic heterocycles. The third kappa shape index (κ3) is 5.38. The lowest BCUT2D eigenvalue weighted by Gasteiger charge is -2.36. The van der Waals surface area contributed by atoms with Gasteiger partial charge >= 0.3 is 0 Å². The van der Waals surface area contributed by atoms with Gasteiger partial charge in [0.25, 0.3) is 0 Å². The minimum Gasteiger partial charge on any atom is -0.494 e. The summed E-state index contributed by atoms with van der Waals surface area (Å²) in [6.07, 6.45) is 8.78. The number of hydrogen-bond donors (Lipinski definition) is 1. The van der Waals surface area contributed by atoms with Crippen molar-refractivity contribution in [3.8, 4) is 5.75 Å². The Morgan fingerprint density at radius 1 is 1.19 bits per heavy atom. The van der Waals surface area contributed by atoms with E-state index >= 15 is 0 Å². The van der Waals surface area contributed by atoms with Crippen LogP contribution in [0.2, 0.25) is 0 Å². The number of ether oxygens (including phenoxy) is 2. The Hall–Kier alpha value is -2.24. The molecule has 2 aliphatic heterocycles. The number of anilines is 1. The summed E-state index contributed by atoms with van der Waals surface area (Å²) >= 11 is 0. The zero-order valence-electron chi connectivity index (χ0n) is 18.9. The van der Waals surface area contributed by atoms with Gasteiger partial charge in [0.05, 0.1) is 50.2 Å². The van der Waals surface area contributed by atoms with Gasteiger partial charge in [0.15, 0.2) is 5.75 Å². The van der Waals surface area contributed by atoms with E-state index < -0.39 is 10.0 Å². The highest BCUT2D eigenvalue weighted by Crippen LogP contribution is 2.28. The summed E-state index contributed by atoms with van der Waals surface area (Å²) in [5.74, 6) is 1.34. The quantitative estimate of drug-likeness (QED) is 0.623. The summed E-state index contributed by atoms with van der Waals surface area (Å²) in [5, 5.41) is 4.73. The predicted octanol–water partition coefficient (Wildman–Crippen LogP) is 1.33. The van der Waals surface area contributed by atoms with Crippen molar-refractivity contribution in [1.29, 1.82) is 0 Å². The van der Waals surface area contributed by atoms with Crippen molar-refractivity contribution in [2.24, 2.45) is 0 Å². The maximum Gasteiger partial charge on any atom is 0.225 e. The molecule has 0 aliphatic carbocycles. The first-order valence-electron chi connectivity index (χ1n) is 11.1. The molecule has 1 saturated heterocycles. The number of methoxy groups -OCH3 is 1. The predicted molar refractivity (Wildman–Crippen MR) is 121 cm³/mol. The first kappa shape index (κ1) is 22.9. The topological polar surface area (TPSA) is 111 Å². The van der Waals surface area contributed by atoms with Gasteiger partial charge in [0.1, 0.15) is 0 Å². The molecule has 0 spiro atoms. The number of nitrogens with one attached hydrogen (secondary N) is 1. The number of sulfonamides is 1. The van der Waals surface area contributed by atoms with Crippen LogP contribution in [0, 0.1) is 0 Å². The number of rotatable bonds is 8. The van der Waals surface area contributed by atoms with Gasteiger partial charge in [-0.25, -0.2) is 23.1 Å². The van der Waals surface area contributed by atoms with E-state index in [0.717, 1.165) is 56.6 Å². The van der Waals surface area contributed by atoms with Gasteiger partial charge < -0.3 is 14.4 Å². The van der Waals surface area contributed by atoms with Gasteiger partial charge in [-0.05, 0) is 38.2 Å². The van der Waals surface area contributed by atoms with Crippen molar-refractivity contribution in [3.05, 3.63) is 29.8 Å². The molecule has 0 amide bonds. The number of aromatic nitrogens is 4. The molecule has 1 fully saturated rings. The lowest BCUT2D eigenvalue weighted by Crippen LogP contribution is -2.47. The van der Waals surface area contributed by atoms with Crippen LogP contribution >= 0.6 is 0 Å². The Balaban J connectivity index is 1.38. The molecule has 0 aromatic carbocycles. The van der Waals surface area contributed by atoms with Gasteiger partial charge in [-0.15, -0.1) is 0 Å². The second-order valence-electron chi connectivity index (χ2n) is 8.47. The molecule has 0 radical (unpaired) electrons. The second kappa shape index (κ2) is 9.72. The molecular formula is C21H32N6O4S. The monoisotopic (exact) mass is 464 g/mol. The van der Waals surface area contributed by atoms with E-state index in [1.807, 2.05) is 4.68 Å². The number of piperidine rings is 1. The molecule has 176 valence electrons. The lowest BCUT2D eigenvalue weighted by molar-refractivity contribution is 0.00599. The average molecular weight is 465 g/mol. The van der Waals surface area contributed by atoms with Crippen LogP contribution in [0.1, 0.15) is 43.6 Å². The van der Waals surface area contributed by atoms with E-state index in [1.165, 1.54) is 6.26 Å². The Kier molecular flexibility index (Phi) is 6.96. The van der Waals surface area contributed by atoms with Crippen molar-refractivity contribution in [2.45, 2.75) is 57.2 Å². The van der Waals surface area contributed by atoms with Crippen molar-refractivity contribution in [1.82, 2.24) is 24.5 Å². The summed E-state index contributed by atoms with van der Waals surface area (Å²) in [6, 6.07) is 1.74. The van der Waals surface area contributed by atoms with Crippen molar-refractivity contribution in [2.75, 3.05) is 38.0 Å². The molecule has 10 nitrogen and oxygen atoms in total. The zero-order valence-corrected chi connectivity index (χ0v) is 19.7. The molecule has 0 bridgehead atoms. The van der Waals surface area contributed by atoms with Crippen molar-refractivity contribution >= 4 is 16.0 Å². The first-order chi connectivity index (χ1) is 15.4. The minimum absolute atomic E-state index is 0.106. The van der Waals surface area contributed by atoms with Crippen LogP contribution in [-0.4, -0.2) is 73.4 Å². The van der Waals surface area contributed by atoms with Crippen LogP contribution in [0.4, 0.5) is 5.95 Å². The van der Waals surface area contributed by atoms with Crippen LogP contribution in [0.3, 0.4) is 0 Å². The normalized spacial score (nSPS) is 22.0. The van der Waals surface area contributed by atoms with Gasteiger partial charge in [-0.2, -0.15) is 5.10 Å². The summed E-state index contributed by atoms with van der Waals surface area (Å²) in [5.41, 5.74) is 2.17. The highest BCUT2D eigenvalue weighted by Gasteiger charge is 2.34. The largest absolute Gasteiger partial charge is 0.494 e. The molecule has 2 atom stereocenters. The van der Waals surface area contributed by atoms with E-state index in [9.17, 15) is 8.42 Å². The third-order valence-corrected chi connectivity index (χ3v) is 6.89. The van der Waals surface area contributed by atoms with Crippen molar-refractivity contribution in [3.63, 3.8) is 0 Å². The fourth-order valence-corrected chi connectivity index (χ4v) is 5.26. The highest BCUT2D eigenvalue weighted by atomic mass is 32.2. The molecule has 4 rings (SSSR count). The maximum absolute atomic E-state index is 11.9. The number of nitrogens with zero attached hydrogens (tertiary/aromatic N) is 5. The standard InChI is InChI=1S/C21H32N6O4S/c1-4-15-11-16-5-6-19(25-32(3,28)29)20(27(16)24-15)14-31-17-7-9-26(10-8-17)21-22-12-18(30-2)13-23-21/h11-13,17,19-20,25H,4-10,14H2,1-3H3. The van der Waals surface area contributed by atoms with Crippen molar-refractivity contribution < 1.29 is 17.9 Å². The highest BCUT2D eigenvalue weighted by molar-refractivity contribution is 7.88. The van der Waals surface area contributed by atoms with Crippen LogP contribution in [0.15, 0.2) is 18.5 Å². The molecule has 2 aliphatic rings. The van der Waals surface area contributed by atoms with E-state index in [4.69, 9.17) is 14.6 Å². The number of aryl methyl sites for hydroxylation is 2. The van der Waals surface area contributed by atoms with E-state index in [2.05, 4.69) is 32.6 Å². The fraction of sp³-hybridized carbons (Fsp3) is 0.667. The van der Waals surface area contributed by atoms with Gasteiger partial charge in [0, 0.05) is 24.8 Å². The number of fused-ring (bicyclic) bond motifs is 1. The summed E-state index contributed by atoms with van der Waals surface area (Å²) < 4.78 is 40.1. The van der Waals surface area contributed by atoms with Gasteiger partial charge in [0.2, 0.25) is 16.0 Å². The maximum atomic E-state index is 11.9. The molecule has 11 heteroatoms. The Bertz CT molecular complexity index is 1000. The van der Waals surface area contributed by atoms with Crippen LogP contribution in [0.25, 0.3) is 0 Å². The summed E-state index contributed by atoms with van der Waals surface area (Å²) in [7, 11) is -1.72. The van der Waals surface area contributed by atoms with E-state index in [-0.39, 0.29) is 18.2 Å². The van der Waals surface area contributed by atoms with E-state index in [1.54, 1.807) is 19.5 Å². The molecule has 32 heavy (non-hydrogen) atoms. The molecule has 2 aromatic rings. The summed E-state index contributed by atoms with van der Waals surface area (Å²) in [4.78, 5) is 10.9.